The first-order valence-corrected chi connectivity index (χ1v) is 3.13. The standard InChI is InChI=1S/C6H8ClN3/c7-5-3-1-2-4-6(5)10(8)9/h1-4H,8-9H2. The molecular weight excluding hydrogens is 150 g/mol. The van der Waals surface area contributed by atoms with Crippen molar-refractivity contribution in [2.75, 3.05) is 5.12 Å². The van der Waals surface area contributed by atoms with Gasteiger partial charge in [0.1, 0.15) is 0 Å². The van der Waals surface area contributed by atoms with E-state index in [1.54, 1.807) is 12.1 Å². The molecule has 4 N–H and O–H groups in total. The highest BCUT2D eigenvalue weighted by atomic mass is 35.5. The van der Waals surface area contributed by atoms with Crippen LogP contribution in [0.1, 0.15) is 0 Å². The van der Waals surface area contributed by atoms with Crippen molar-refractivity contribution in [2.24, 2.45) is 11.7 Å². The molecule has 0 saturated heterocycles. The quantitative estimate of drug-likeness (QED) is 0.470. The van der Waals surface area contributed by atoms with Crippen LogP contribution >= 0.6 is 11.6 Å². The van der Waals surface area contributed by atoms with Gasteiger partial charge in [0.05, 0.1) is 10.7 Å². The van der Waals surface area contributed by atoms with Crippen LogP contribution < -0.4 is 16.8 Å². The van der Waals surface area contributed by atoms with Crippen LogP contribution in [0, 0.1) is 0 Å². The molecular formula is C6H8ClN3. The molecule has 0 aliphatic heterocycles. The van der Waals surface area contributed by atoms with Gasteiger partial charge in [-0.1, -0.05) is 23.7 Å². The van der Waals surface area contributed by atoms with Crippen LogP contribution in [0.4, 0.5) is 5.69 Å². The predicted molar refractivity (Wildman–Crippen MR) is 42.3 cm³/mol. The summed E-state index contributed by atoms with van der Waals surface area (Å²) in [6.45, 7) is 0. The second kappa shape index (κ2) is 2.88. The number of rotatable bonds is 1. The molecule has 0 atom stereocenters. The fourth-order valence-electron chi connectivity index (χ4n) is 0.661. The predicted octanol–water partition coefficient (Wildman–Crippen LogP) is 0.894. The van der Waals surface area contributed by atoms with Crippen LogP contribution in [0.3, 0.4) is 0 Å². The number of nitrogens with zero attached hydrogens (tertiary/aromatic N) is 1. The Balaban J connectivity index is 3.03. The Morgan fingerprint density at radius 2 is 1.80 bits per heavy atom. The fourth-order valence-corrected chi connectivity index (χ4v) is 0.894. The maximum Gasteiger partial charge on any atom is 0.0883 e. The van der Waals surface area contributed by atoms with Crippen molar-refractivity contribution in [3.05, 3.63) is 29.3 Å². The Bertz CT molecular complexity index is 224. The third kappa shape index (κ3) is 1.39. The lowest BCUT2D eigenvalue weighted by atomic mass is 10.3. The molecule has 0 aliphatic carbocycles. The number of para-hydroxylation sites is 1. The van der Waals surface area contributed by atoms with Crippen LogP contribution in [-0.2, 0) is 0 Å². The minimum atomic E-state index is 0.549. The first kappa shape index (κ1) is 7.34. The molecule has 0 fully saturated rings. The van der Waals surface area contributed by atoms with Crippen molar-refractivity contribution < 1.29 is 0 Å². The van der Waals surface area contributed by atoms with Gasteiger partial charge < -0.3 is 0 Å². The van der Waals surface area contributed by atoms with E-state index in [0.717, 1.165) is 5.12 Å². The van der Waals surface area contributed by atoms with Gasteiger partial charge in [0.2, 0.25) is 0 Å². The van der Waals surface area contributed by atoms with Crippen molar-refractivity contribution in [1.82, 2.24) is 0 Å². The highest BCUT2D eigenvalue weighted by Crippen LogP contribution is 2.20. The van der Waals surface area contributed by atoms with Gasteiger partial charge in [0.25, 0.3) is 0 Å². The van der Waals surface area contributed by atoms with E-state index >= 15 is 0 Å². The maximum atomic E-state index is 5.72. The molecule has 0 aliphatic rings. The summed E-state index contributed by atoms with van der Waals surface area (Å²) in [5.41, 5.74) is 0.615. The van der Waals surface area contributed by atoms with Crippen molar-refractivity contribution >= 4 is 17.3 Å². The summed E-state index contributed by atoms with van der Waals surface area (Å²) in [6.07, 6.45) is 0. The summed E-state index contributed by atoms with van der Waals surface area (Å²) in [6, 6.07) is 7.09. The van der Waals surface area contributed by atoms with Crippen molar-refractivity contribution in [1.29, 1.82) is 0 Å². The second-order valence-corrected chi connectivity index (χ2v) is 2.27. The Labute approximate surface area is 64.1 Å². The van der Waals surface area contributed by atoms with E-state index in [-0.39, 0.29) is 0 Å². The number of nitrogens with two attached hydrogens (primary N) is 2. The molecule has 0 saturated carbocycles. The van der Waals surface area contributed by atoms with Gasteiger partial charge in [0.15, 0.2) is 0 Å². The smallest absolute Gasteiger partial charge is 0.0883 e. The minimum Gasteiger partial charge on any atom is -0.246 e. The molecule has 0 radical (unpaired) electrons. The average molecular weight is 158 g/mol. The van der Waals surface area contributed by atoms with E-state index in [4.69, 9.17) is 23.3 Å². The van der Waals surface area contributed by atoms with Crippen LogP contribution in [0.5, 0.6) is 0 Å². The Morgan fingerprint density at radius 1 is 1.20 bits per heavy atom. The molecule has 0 bridgehead atoms. The van der Waals surface area contributed by atoms with Gasteiger partial charge in [-0.25, -0.2) is 16.8 Å². The summed E-state index contributed by atoms with van der Waals surface area (Å²) in [5.74, 6) is 10.5. The largest absolute Gasteiger partial charge is 0.246 e. The molecule has 10 heavy (non-hydrogen) atoms. The number of hydrazine groups is 2. The molecule has 0 aromatic heterocycles. The van der Waals surface area contributed by atoms with Gasteiger partial charge >= 0.3 is 0 Å². The van der Waals surface area contributed by atoms with E-state index in [2.05, 4.69) is 0 Å². The van der Waals surface area contributed by atoms with E-state index in [0.29, 0.717) is 10.7 Å². The van der Waals surface area contributed by atoms with Crippen LogP contribution in [-0.4, -0.2) is 0 Å². The topological polar surface area (TPSA) is 55.3 Å². The maximum absolute atomic E-state index is 5.72. The number of anilines is 1. The lowest BCUT2D eigenvalue weighted by Gasteiger charge is -2.11. The zero-order valence-electron chi connectivity index (χ0n) is 5.29. The Morgan fingerprint density at radius 3 is 2.20 bits per heavy atom. The zero-order valence-corrected chi connectivity index (χ0v) is 6.05. The zero-order chi connectivity index (χ0) is 7.56. The molecule has 54 valence electrons. The molecule has 0 heterocycles. The summed E-state index contributed by atoms with van der Waals surface area (Å²) < 4.78 is 0. The molecule has 1 rings (SSSR count). The van der Waals surface area contributed by atoms with Crippen molar-refractivity contribution in [3.63, 3.8) is 0 Å². The summed E-state index contributed by atoms with van der Waals surface area (Å²) in [7, 11) is 0. The highest BCUT2D eigenvalue weighted by Gasteiger charge is 1.99. The Kier molecular flexibility index (Phi) is 2.11. The molecule has 0 unspecified atom stereocenters. The molecule has 3 nitrogen and oxygen atoms in total. The minimum absolute atomic E-state index is 0.549. The van der Waals surface area contributed by atoms with Crippen LogP contribution in [0.15, 0.2) is 24.3 Å². The average Bonchev–Trinajstić information content (AvgIpc) is 1.88. The number of benzene rings is 1. The summed E-state index contributed by atoms with van der Waals surface area (Å²) >= 11 is 5.72. The van der Waals surface area contributed by atoms with Crippen LogP contribution in [0.25, 0.3) is 0 Å². The molecule has 1 aromatic rings. The monoisotopic (exact) mass is 157 g/mol. The number of hydrogen-bond donors (Lipinski definition) is 2. The van der Waals surface area contributed by atoms with E-state index in [1.165, 1.54) is 0 Å². The summed E-state index contributed by atoms with van der Waals surface area (Å²) in [4.78, 5) is 0. The number of hydrogen-bond acceptors (Lipinski definition) is 3. The third-order valence-corrected chi connectivity index (χ3v) is 1.45. The van der Waals surface area contributed by atoms with Crippen LogP contribution in [0.2, 0.25) is 5.02 Å². The highest BCUT2D eigenvalue weighted by molar-refractivity contribution is 6.33. The third-order valence-electron chi connectivity index (χ3n) is 1.13. The van der Waals surface area contributed by atoms with Gasteiger partial charge in [-0.15, -0.1) is 0 Å². The van der Waals surface area contributed by atoms with Gasteiger partial charge in [-0.2, -0.15) is 0 Å². The van der Waals surface area contributed by atoms with Crippen molar-refractivity contribution in [3.8, 4) is 0 Å². The van der Waals surface area contributed by atoms with Gasteiger partial charge in [0, 0.05) is 0 Å². The normalized spacial score (nSPS) is 9.50. The second-order valence-electron chi connectivity index (χ2n) is 1.86. The van der Waals surface area contributed by atoms with Crippen molar-refractivity contribution in [2.45, 2.75) is 0 Å². The molecule has 4 heteroatoms. The van der Waals surface area contributed by atoms with E-state index in [9.17, 15) is 0 Å². The molecule has 0 spiro atoms. The summed E-state index contributed by atoms with van der Waals surface area (Å²) in [5, 5.41) is 1.54. The van der Waals surface area contributed by atoms with Gasteiger partial charge in [-0.05, 0) is 12.1 Å². The first-order valence-electron chi connectivity index (χ1n) is 2.76. The lowest BCUT2D eigenvalue weighted by Crippen LogP contribution is -2.37. The number of halogens is 1. The SMILES string of the molecule is NN(N)c1ccccc1Cl. The van der Waals surface area contributed by atoms with Gasteiger partial charge in [-0.3, -0.25) is 0 Å². The molecule has 1 aromatic carbocycles. The van der Waals surface area contributed by atoms with E-state index in [1.807, 2.05) is 12.1 Å². The first-order chi connectivity index (χ1) is 4.72. The fraction of sp³-hybridized carbons (Fsp3) is 0. The van der Waals surface area contributed by atoms with E-state index < -0.39 is 0 Å². The Hall–Kier alpha value is -0.770. The molecule has 0 amide bonds. The lowest BCUT2D eigenvalue weighted by molar-refractivity contribution is 0.925.